The van der Waals surface area contributed by atoms with Crippen molar-refractivity contribution in [1.29, 1.82) is 0 Å². The summed E-state index contributed by atoms with van der Waals surface area (Å²) < 4.78 is 13.2. The number of carbonyl (C=O) groups is 2. The van der Waals surface area contributed by atoms with Crippen molar-refractivity contribution < 1.29 is 14.0 Å². The molecule has 0 unspecified atom stereocenters. The average molecular weight is 411 g/mol. The molecule has 2 heterocycles. The van der Waals surface area contributed by atoms with Crippen LogP contribution in [0.1, 0.15) is 31.8 Å². The van der Waals surface area contributed by atoms with Gasteiger partial charge in [0.25, 0.3) is 5.91 Å². The van der Waals surface area contributed by atoms with Gasteiger partial charge in [-0.3, -0.25) is 19.6 Å². The number of amides is 1. The fourth-order valence-corrected chi connectivity index (χ4v) is 3.18. The van der Waals surface area contributed by atoms with Gasteiger partial charge in [0, 0.05) is 41.8 Å². The molecule has 0 aliphatic heterocycles. The first-order valence-electron chi connectivity index (χ1n) is 9.64. The third kappa shape index (κ3) is 4.70. The number of benzene rings is 2. The van der Waals surface area contributed by atoms with Gasteiger partial charge in [-0.05, 0) is 60.2 Å². The Kier molecular flexibility index (Phi) is 5.89. The van der Waals surface area contributed by atoms with Crippen LogP contribution in [0.3, 0.4) is 0 Å². The first kappa shape index (κ1) is 20.1. The Balaban J connectivity index is 1.51. The molecular formula is C25H18FN3O2. The summed E-state index contributed by atoms with van der Waals surface area (Å²) in [6, 6.07) is 19.3. The number of pyridine rings is 2. The normalized spacial score (nSPS) is 10.5. The van der Waals surface area contributed by atoms with Gasteiger partial charge in [0.1, 0.15) is 5.82 Å². The van der Waals surface area contributed by atoms with Crippen LogP contribution in [0.2, 0.25) is 0 Å². The maximum atomic E-state index is 13.2. The highest BCUT2D eigenvalue weighted by Crippen LogP contribution is 2.18. The van der Waals surface area contributed by atoms with Crippen molar-refractivity contribution in [2.45, 2.75) is 6.54 Å². The molecule has 2 aromatic carbocycles. The molecule has 0 atom stereocenters. The zero-order chi connectivity index (χ0) is 21.6. The Morgan fingerprint density at radius 3 is 2.29 bits per heavy atom. The van der Waals surface area contributed by atoms with Crippen LogP contribution in [0.4, 0.5) is 4.39 Å². The van der Waals surface area contributed by atoms with Crippen LogP contribution >= 0.6 is 0 Å². The second-order valence-electron chi connectivity index (χ2n) is 6.85. The molecule has 1 N–H and O–H groups in total. The summed E-state index contributed by atoms with van der Waals surface area (Å²) in [7, 11) is 0. The van der Waals surface area contributed by atoms with E-state index in [0.717, 1.165) is 16.8 Å². The number of carbonyl (C=O) groups excluding carboxylic acids is 2. The summed E-state index contributed by atoms with van der Waals surface area (Å²) in [6.45, 7) is 0.276. The minimum atomic E-state index is -0.425. The van der Waals surface area contributed by atoms with Crippen molar-refractivity contribution in [2.75, 3.05) is 0 Å². The monoisotopic (exact) mass is 411 g/mol. The van der Waals surface area contributed by atoms with E-state index in [2.05, 4.69) is 15.3 Å². The molecule has 5 nitrogen and oxygen atoms in total. The van der Waals surface area contributed by atoms with Crippen LogP contribution in [0.5, 0.6) is 0 Å². The maximum Gasteiger partial charge on any atom is 0.252 e. The van der Waals surface area contributed by atoms with Crippen molar-refractivity contribution in [1.82, 2.24) is 15.3 Å². The number of aromatic nitrogens is 2. The van der Waals surface area contributed by atoms with E-state index in [9.17, 15) is 14.0 Å². The van der Waals surface area contributed by atoms with E-state index in [4.69, 9.17) is 0 Å². The predicted octanol–water partition coefficient (Wildman–Crippen LogP) is 4.44. The summed E-state index contributed by atoms with van der Waals surface area (Å²) in [5, 5.41) is 2.86. The molecule has 0 fully saturated rings. The number of hydrogen-bond donors (Lipinski definition) is 1. The lowest BCUT2D eigenvalue weighted by atomic mass is 9.98. The lowest BCUT2D eigenvalue weighted by Crippen LogP contribution is -2.25. The first-order chi connectivity index (χ1) is 15.1. The Bertz CT molecular complexity index is 1220. The van der Waals surface area contributed by atoms with Crippen LogP contribution in [0, 0.1) is 5.82 Å². The zero-order valence-corrected chi connectivity index (χ0v) is 16.5. The largest absolute Gasteiger partial charge is 0.348 e. The molecule has 0 saturated carbocycles. The van der Waals surface area contributed by atoms with Crippen molar-refractivity contribution >= 4 is 11.7 Å². The van der Waals surface area contributed by atoms with Gasteiger partial charge in [-0.1, -0.05) is 18.2 Å². The molecule has 2 aromatic heterocycles. The Morgan fingerprint density at radius 2 is 1.55 bits per heavy atom. The van der Waals surface area contributed by atoms with Crippen LogP contribution in [-0.2, 0) is 6.54 Å². The molecule has 4 aromatic rings. The van der Waals surface area contributed by atoms with E-state index in [0.29, 0.717) is 5.56 Å². The lowest BCUT2D eigenvalue weighted by molar-refractivity contribution is 0.0939. The van der Waals surface area contributed by atoms with Gasteiger partial charge in [-0.25, -0.2) is 4.39 Å². The van der Waals surface area contributed by atoms with Gasteiger partial charge >= 0.3 is 0 Å². The lowest BCUT2D eigenvalue weighted by Gasteiger charge is -2.10. The SMILES string of the molecule is O=C(NCc1ccnc(-c2ccncc2)c1)c1ccccc1C(=O)c1ccc(F)cc1. The van der Waals surface area contributed by atoms with Crippen LogP contribution in [0.15, 0.2) is 91.4 Å². The van der Waals surface area contributed by atoms with Crippen molar-refractivity contribution in [3.05, 3.63) is 119 Å². The van der Waals surface area contributed by atoms with Gasteiger partial charge in [-0.15, -0.1) is 0 Å². The average Bonchev–Trinajstić information content (AvgIpc) is 2.83. The van der Waals surface area contributed by atoms with Crippen molar-refractivity contribution in [3.8, 4) is 11.3 Å². The highest BCUT2D eigenvalue weighted by atomic mass is 19.1. The molecule has 0 aliphatic carbocycles. The van der Waals surface area contributed by atoms with Gasteiger partial charge in [0.05, 0.1) is 11.3 Å². The molecule has 0 bridgehead atoms. The summed E-state index contributed by atoms with van der Waals surface area (Å²) in [5.41, 5.74) is 3.42. The summed E-state index contributed by atoms with van der Waals surface area (Å²) in [5.74, 6) is -1.13. The van der Waals surface area contributed by atoms with E-state index < -0.39 is 5.82 Å². The summed E-state index contributed by atoms with van der Waals surface area (Å²) >= 11 is 0. The van der Waals surface area contributed by atoms with E-state index in [1.807, 2.05) is 24.3 Å². The Hall–Kier alpha value is -4.19. The van der Waals surface area contributed by atoms with Crippen LogP contribution in [-0.4, -0.2) is 21.7 Å². The van der Waals surface area contributed by atoms with E-state index in [-0.39, 0.29) is 29.4 Å². The highest BCUT2D eigenvalue weighted by Gasteiger charge is 2.18. The Morgan fingerprint density at radius 1 is 0.839 bits per heavy atom. The summed E-state index contributed by atoms with van der Waals surface area (Å²) in [4.78, 5) is 34.0. The van der Waals surface area contributed by atoms with Gasteiger partial charge in [0.15, 0.2) is 5.78 Å². The molecule has 0 saturated heterocycles. The third-order valence-corrected chi connectivity index (χ3v) is 4.78. The molecule has 0 aliphatic rings. The topological polar surface area (TPSA) is 72.0 Å². The van der Waals surface area contributed by atoms with Crippen molar-refractivity contribution in [2.24, 2.45) is 0 Å². The van der Waals surface area contributed by atoms with Gasteiger partial charge < -0.3 is 5.32 Å². The van der Waals surface area contributed by atoms with E-state index >= 15 is 0 Å². The predicted molar refractivity (Wildman–Crippen MR) is 115 cm³/mol. The number of ketones is 1. The number of hydrogen-bond acceptors (Lipinski definition) is 4. The number of nitrogens with one attached hydrogen (secondary N) is 1. The van der Waals surface area contributed by atoms with Gasteiger partial charge in [0.2, 0.25) is 0 Å². The minimum Gasteiger partial charge on any atom is -0.348 e. The number of nitrogens with zero attached hydrogens (tertiary/aromatic N) is 2. The maximum absolute atomic E-state index is 13.2. The number of halogens is 1. The molecular weight excluding hydrogens is 393 g/mol. The highest BCUT2D eigenvalue weighted by molar-refractivity contribution is 6.15. The van der Waals surface area contributed by atoms with Gasteiger partial charge in [-0.2, -0.15) is 0 Å². The molecule has 6 heteroatoms. The molecule has 4 rings (SSSR count). The molecule has 1 amide bonds. The fourth-order valence-electron chi connectivity index (χ4n) is 3.18. The van der Waals surface area contributed by atoms with E-state index in [1.165, 1.54) is 24.3 Å². The smallest absolute Gasteiger partial charge is 0.252 e. The molecule has 152 valence electrons. The first-order valence-corrected chi connectivity index (χ1v) is 9.64. The van der Waals surface area contributed by atoms with E-state index in [1.54, 1.807) is 42.9 Å². The molecule has 0 spiro atoms. The third-order valence-electron chi connectivity index (χ3n) is 4.78. The zero-order valence-electron chi connectivity index (χ0n) is 16.5. The summed E-state index contributed by atoms with van der Waals surface area (Å²) in [6.07, 6.45) is 5.07. The molecule has 31 heavy (non-hydrogen) atoms. The van der Waals surface area contributed by atoms with Crippen LogP contribution < -0.4 is 5.32 Å². The fraction of sp³-hybridized carbons (Fsp3) is 0.0400. The Labute approximate surface area is 178 Å². The molecule has 0 radical (unpaired) electrons. The standard InChI is InChI=1S/C25H18FN3O2/c26-20-7-5-19(6-8-20)24(30)21-3-1-2-4-22(21)25(31)29-16-17-9-14-28-23(15-17)18-10-12-27-13-11-18/h1-15H,16H2,(H,29,31). The van der Waals surface area contributed by atoms with Crippen LogP contribution in [0.25, 0.3) is 11.3 Å². The quantitative estimate of drug-likeness (QED) is 0.476. The second-order valence-corrected chi connectivity index (χ2v) is 6.85. The minimum absolute atomic E-state index is 0.263. The van der Waals surface area contributed by atoms with Crippen molar-refractivity contribution in [3.63, 3.8) is 0 Å². The number of rotatable bonds is 6. The second kappa shape index (κ2) is 9.09.